The maximum absolute atomic E-state index is 12.1. The third-order valence-electron chi connectivity index (χ3n) is 4.22. The fraction of sp³-hybridized carbons (Fsp3) is 0.316. The molecule has 3 rings (SSSR count). The first-order valence-electron chi connectivity index (χ1n) is 7.96. The monoisotopic (exact) mass is 327 g/mol. The molecule has 0 saturated carbocycles. The summed E-state index contributed by atoms with van der Waals surface area (Å²) in [6.45, 7) is 1.71. The van der Waals surface area contributed by atoms with Gasteiger partial charge < -0.3 is 20.3 Å². The van der Waals surface area contributed by atoms with Crippen LogP contribution in [-0.2, 0) is 14.3 Å². The van der Waals surface area contributed by atoms with E-state index in [0.717, 1.165) is 22.3 Å². The highest BCUT2D eigenvalue weighted by atomic mass is 16.7. The van der Waals surface area contributed by atoms with E-state index in [2.05, 4.69) is 12.1 Å². The van der Waals surface area contributed by atoms with E-state index in [4.69, 9.17) is 15.2 Å². The van der Waals surface area contributed by atoms with Crippen LogP contribution in [0.3, 0.4) is 0 Å². The Hall–Kier alpha value is -2.21. The van der Waals surface area contributed by atoms with Gasteiger partial charge in [0.2, 0.25) is 0 Å². The van der Waals surface area contributed by atoms with Crippen molar-refractivity contribution in [1.29, 1.82) is 0 Å². The van der Waals surface area contributed by atoms with E-state index < -0.39 is 11.8 Å². The Bertz CT molecular complexity index is 696. The number of ether oxygens (including phenoxy) is 2. The van der Waals surface area contributed by atoms with E-state index in [9.17, 15) is 9.90 Å². The van der Waals surface area contributed by atoms with Gasteiger partial charge in [-0.15, -0.1) is 0 Å². The van der Waals surface area contributed by atoms with Crippen LogP contribution in [0, 0.1) is 0 Å². The molecule has 0 saturated heterocycles. The van der Waals surface area contributed by atoms with Crippen molar-refractivity contribution in [3.63, 3.8) is 0 Å². The van der Waals surface area contributed by atoms with Crippen molar-refractivity contribution < 1.29 is 19.4 Å². The standard InChI is InChI=1S/C19H21NO4/c1-19(22,24-11-10-20)18(21)23-12-17-15-8-4-2-6-13(15)14-7-3-5-9-16(14)17/h2-9,17,22H,10-12,20H2,1H3. The summed E-state index contributed by atoms with van der Waals surface area (Å²) < 4.78 is 10.4. The fourth-order valence-corrected chi connectivity index (χ4v) is 3.05. The molecular weight excluding hydrogens is 306 g/mol. The van der Waals surface area contributed by atoms with Gasteiger partial charge in [-0.2, -0.15) is 0 Å². The highest BCUT2D eigenvalue weighted by Crippen LogP contribution is 2.44. The number of hydrogen-bond acceptors (Lipinski definition) is 5. The third-order valence-corrected chi connectivity index (χ3v) is 4.22. The van der Waals surface area contributed by atoms with Crippen molar-refractivity contribution in [2.75, 3.05) is 19.8 Å². The predicted molar refractivity (Wildman–Crippen MR) is 90.3 cm³/mol. The van der Waals surface area contributed by atoms with Gasteiger partial charge in [0.05, 0.1) is 6.61 Å². The number of fused-ring (bicyclic) bond motifs is 3. The predicted octanol–water partition coefficient (Wildman–Crippen LogP) is 2.03. The number of carbonyl (C=O) groups is 1. The summed E-state index contributed by atoms with van der Waals surface area (Å²) >= 11 is 0. The minimum absolute atomic E-state index is 0.0494. The Morgan fingerprint density at radius 3 is 2.21 bits per heavy atom. The zero-order chi connectivity index (χ0) is 17.2. The molecule has 0 heterocycles. The van der Waals surface area contributed by atoms with Crippen molar-refractivity contribution in [2.24, 2.45) is 5.73 Å². The number of rotatable bonds is 6. The first kappa shape index (κ1) is 16.6. The molecule has 0 fully saturated rings. The van der Waals surface area contributed by atoms with Crippen LogP contribution in [0.4, 0.5) is 0 Å². The highest BCUT2D eigenvalue weighted by molar-refractivity contribution is 5.80. The largest absolute Gasteiger partial charge is 0.461 e. The molecule has 2 aromatic carbocycles. The number of nitrogens with two attached hydrogens (primary N) is 1. The summed E-state index contributed by atoms with van der Waals surface area (Å²) in [6.07, 6.45) is 0. The Morgan fingerprint density at radius 1 is 1.12 bits per heavy atom. The lowest BCUT2D eigenvalue weighted by Gasteiger charge is -2.23. The minimum Gasteiger partial charge on any atom is -0.461 e. The Morgan fingerprint density at radius 2 is 1.67 bits per heavy atom. The molecule has 1 aliphatic rings. The second-order valence-corrected chi connectivity index (χ2v) is 5.95. The minimum atomic E-state index is -1.99. The van der Waals surface area contributed by atoms with Gasteiger partial charge in [-0.3, -0.25) is 0 Å². The van der Waals surface area contributed by atoms with Crippen LogP contribution in [-0.4, -0.2) is 36.6 Å². The van der Waals surface area contributed by atoms with Crippen molar-refractivity contribution in [3.05, 3.63) is 59.7 Å². The molecule has 2 aromatic rings. The maximum Gasteiger partial charge on any atom is 0.366 e. The molecule has 0 bridgehead atoms. The molecule has 126 valence electrons. The van der Waals surface area contributed by atoms with Crippen LogP contribution in [0.2, 0.25) is 0 Å². The van der Waals surface area contributed by atoms with Crippen LogP contribution in [0.25, 0.3) is 11.1 Å². The van der Waals surface area contributed by atoms with E-state index in [1.165, 1.54) is 6.92 Å². The first-order chi connectivity index (χ1) is 11.5. The molecule has 3 N–H and O–H groups in total. The SMILES string of the molecule is CC(O)(OCCN)C(=O)OCC1c2ccccc2-c2ccccc21. The van der Waals surface area contributed by atoms with E-state index in [0.29, 0.717) is 0 Å². The highest BCUT2D eigenvalue weighted by Gasteiger charge is 2.35. The molecule has 1 unspecified atom stereocenters. The maximum atomic E-state index is 12.1. The number of esters is 1. The summed E-state index contributed by atoms with van der Waals surface area (Å²) in [4.78, 5) is 12.1. The second kappa shape index (κ2) is 6.73. The van der Waals surface area contributed by atoms with Gasteiger partial charge in [0, 0.05) is 19.4 Å². The summed E-state index contributed by atoms with van der Waals surface area (Å²) in [7, 11) is 0. The van der Waals surface area contributed by atoms with Gasteiger partial charge in [0.1, 0.15) is 6.61 Å². The summed E-state index contributed by atoms with van der Waals surface area (Å²) in [6, 6.07) is 16.1. The quantitative estimate of drug-likeness (QED) is 0.627. The molecule has 0 aliphatic heterocycles. The van der Waals surface area contributed by atoms with Crippen LogP contribution in [0.1, 0.15) is 24.0 Å². The Labute approximate surface area is 141 Å². The normalized spacial score (nSPS) is 15.5. The van der Waals surface area contributed by atoms with Crippen molar-refractivity contribution >= 4 is 5.97 Å². The molecule has 1 aliphatic carbocycles. The smallest absolute Gasteiger partial charge is 0.366 e. The third kappa shape index (κ3) is 3.06. The molecule has 1 atom stereocenters. The van der Waals surface area contributed by atoms with Crippen LogP contribution in [0.5, 0.6) is 0 Å². The molecule has 5 nitrogen and oxygen atoms in total. The summed E-state index contributed by atoms with van der Waals surface area (Å²) in [5.41, 5.74) is 9.87. The average Bonchev–Trinajstić information content (AvgIpc) is 2.92. The lowest BCUT2D eigenvalue weighted by atomic mass is 9.98. The van der Waals surface area contributed by atoms with E-state index in [-0.39, 0.29) is 25.7 Å². The zero-order valence-electron chi connectivity index (χ0n) is 13.6. The van der Waals surface area contributed by atoms with Crippen molar-refractivity contribution in [3.8, 4) is 11.1 Å². The van der Waals surface area contributed by atoms with Gasteiger partial charge >= 0.3 is 5.97 Å². The van der Waals surface area contributed by atoms with Gasteiger partial charge in [-0.05, 0) is 22.3 Å². The molecule has 5 heteroatoms. The summed E-state index contributed by atoms with van der Waals surface area (Å²) in [5.74, 6) is -2.85. The molecule has 0 spiro atoms. The zero-order valence-corrected chi connectivity index (χ0v) is 13.6. The topological polar surface area (TPSA) is 81.8 Å². The lowest BCUT2D eigenvalue weighted by Crippen LogP contribution is -2.41. The number of hydrogen-bond donors (Lipinski definition) is 2. The van der Waals surface area contributed by atoms with Gasteiger partial charge in [-0.1, -0.05) is 48.5 Å². The van der Waals surface area contributed by atoms with Gasteiger partial charge in [-0.25, -0.2) is 4.79 Å². The summed E-state index contributed by atoms with van der Waals surface area (Å²) in [5, 5.41) is 10.0. The van der Waals surface area contributed by atoms with E-state index in [1.54, 1.807) is 0 Å². The van der Waals surface area contributed by atoms with Crippen LogP contribution in [0.15, 0.2) is 48.5 Å². The number of carbonyl (C=O) groups excluding carboxylic acids is 1. The second-order valence-electron chi connectivity index (χ2n) is 5.95. The molecular formula is C19H21NO4. The van der Waals surface area contributed by atoms with Crippen molar-refractivity contribution in [2.45, 2.75) is 18.6 Å². The van der Waals surface area contributed by atoms with E-state index >= 15 is 0 Å². The van der Waals surface area contributed by atoms with Crippen LogP contribution >= 0.6 is 0 Å². The first-order valence-corrected chi connectivity index (χ1v) is 7.96. The number of aliphatic hydroxyl groups is 1. The van der Waals surface area contributed by atoms with Crippen molar-refractivity contribution in [1.82, 2.24) is 0 Å². The van der Waals surface area contributed by atoms with E-state index in [1.807, 2.05) is 36.4 Å². The molecule has 24 heavy (non-hydrogen) atoms. The van der Waals surface area contributed by atoms with Crippen LogP contribution < -0.4 is 5.73 Å². The molecule has 0 amide bonds. The molecule has 0 radical (unpaired) electrons. The fourth-order valence-electron chi connectivity index (χ4n) is 3.05. The van der Waals surface area contributed by atoms with Gasteiger partial charge in [0.25, 0.3) is 5.79 Å². The Kier molecular flexibility index (Phi) is 4.66. The number of benzene rings is 2. The molecule has 0 aromatic heterocycles. The lowest BCUT2D eigenvalue weighted by molar-refractivity contribution is -0.220. The average molecular weight is 327 g/mol. The van der Waals surface area contributed by atoms with Gasteiger partial charge in [0.15, 0.2) is 0 Å². The Balaban J connectivity index is 1.77.